The molecule has 0 bridgehead atoms. The van der Waals surface area contributed by atoms with Crippen LogP contribution in [0.3, 0.4) is 0 Å². The van der Waals surface area contributed by atoms with Gasteiger partial charge in [0.05, 0.1) is 33.8 Å². The first-order valence-corrected chi connectivity index (χ1v) is 20.1. The normalized spacial score (nSPS) is 12.9. The van der Waals surface area contributed by atoms with Gasteiger partial charge >= 0.3 is 0 Å². The maximum absolute atomic E-state index is 6.55. The zero-order valence-electron chi connectivity index (χ0n) is 28.3. The van der Waals surface area contributed by atoms with Crippen molar-refractivity contribution in [2.45, 2.75) is 20.0 Å². The molecule has 1 aliphatic heterocycles. The minimum Gasteiger partial charge on any atom is -0.294 e. The number of anilines is 4. The minimum atomic E-state index is -2.20. The molecular weight excluding hydrogens is 629 g/mol. The van der Waals surface area contributed by atoms with Gasteiger partial charge in [-0.05, 0) is 84.3 Å². The van der Waals surface area contributed by atoms with E-state index in [4.69, 9.17) is 9.92 Å². The van der Waals surface area contributed by atoms with Crippen LogP contribution in [0.5, 0.6) is 0 Å². The van der Waals surface area contributed by atoms with E-state index >= 15 is 0 Å². The number of aryl methyl sites for hydroxylation is 1. The monoisotopic (exact) mass is 664 g/mol. The number of nitrogens with zero attached hydrogens (tertiary/aromatic N) is 4. The van der Waals surface area contributed by atoms with Crippen LogP contribution < -0.4 is 20.5 Å². The molecule has 3 heterocycles. The fraction of sp³-hybridized carbons (Fsp3) is 0.0682. The van der Waals surface area contributed by atoms with Crippen molar-refractivity contribution in [2.24, 2.45) is 0 Å². The van der Waals surface area contributed by atoms with Gasteiger partial charge < -0.3 is 0 Å². The summed E-state index contributed by atoms with van der Waals surface area (Å²) in [6.07, 6.45) is 1.93. The molecule has 6 heteroatoms. The molecule has 50 heavy (non-hydrogen) atoms. The molecule has 0 atom stereocenters. The number of aromatic nitrogens is 2. The third-order valence-electron chi connectivity index (χ3n) is 10.1. The Kier molecular flexibility index (Phi) is 7.16. The van der Waals surface area contributed by atoms with Gasteiger partial charge in [0.25, 0.3) is 0 Å². The molecule has 1 aliphatic rings. The van der Waals surface area contributed by atoms with Crippen LogP contribution in [0.2, 0.25) is 13.1 Å². The summed E-state index contributed by atoms with van der Waals surface area (Å²) in [7, 11) is -2.20. The number of hydrogen-bond acceptors (Lipinski definition) is 4. The Balaban J connectivity index is 1.14. The zero-order chi connectivity index (χ0) is 33.8. The van der Waals surface area contributed by atoms with Crippen molar-refractivity contribution in [2.75, 3.05) is 10.1 Å². The van der Waals surface area contributed by atoms with Gasteiger partial charge in [-0.1, -0.05) is 121 Å². The summed E-state index contributed by atoms with van der Waals surface area (Å²) >= 11 is 0. The SMILES string of the molecule is Cc1ccccc1-c1ccnc(-n2c3ccccc3c3ccc([Si](C)(C)c4cccc(N5ON(c6ccccc6)c6ccccc65)c4)cc32)c1. The molecule has 8 aromatic rings. The largest absolute Gasteiger partial charge is 0.294 e. The predicted octanol–water partition coefficient (Wildman–Crippen LogP) is 10.1. The van der Waals surface area contributed by atoms with Gasteiger partial charge in [0, 0.05) is 17.0 Å². The first kappa shape index (κ1) is 30.1. The highest BCUT2D eigenvalue weighted by molar-refractivity contribution is 7.00. The fourth-order valence-corrected chi connectivity index (χ4v) is 9.66. The van der Waals surface area contributed by atoms with Gasteiger partial charge in [0.15, 0.2) is 0 Å². The van der Waals surface area contributed by atoms with Crippen LogP contribution in [0, 0.1) is 6.92 Å². The van der Waals surface area contributed by atoms with Crippen molar-refractivity contribution >= 4 is 63.0 Å². The molecule has 9 rings (SSSR count). The summed E-state index contributed by atoms with van der Waals surface area (Å²) in [4.78, 5) is 11.5. The fourth-order valence-electron chi connectivity index (χ4n) is 7.31. The smallest absolute Gasteiger partial charge is 0.138 e. The Morgan fingerprint density at radius 2 is 1.20 bits per heavy atom. The molecule has 0 saturated carbocycles. The lowest BCUT2D eigenvalue weighted by molar-refractivity contribution is 0.156. The molecule has 0 spiro atoms. The Bertz CT molecular complexity index is 2540. The van der Waals surface area contributed by atoms with Gasteiger partial charge in [-0.2, -0.15) is 10.1 Å². The molecule has 5 nitrogen and oxygen atoms in total. The minimum absolute atomic E-state index is 0.920. The maximum atomic E-state index is 6.55. The Morgan fingerprint density at radius 1 is 0.540 bits per heavy atom. The van der Waals surface area contributed by atoms with E-state index in [1.54, 1.807) is 0 Å². The summed E-state index contributed by atoms with van der Waals surface area (Å²) in [5, 5.41) is 9.00. The highest BCUT2D eigenvalue weighted by Gasteiger charge is 2.32. The number of benzene rings is 6. The van der Waals surface area contributed by atoms with Crippen LogP contribution in [-0.2, 0) is 4.94 Å². The third kappa shape index (κ3) is 4.92. The molecule has 6 aromatic carbocycles. The van der Waals surface area contributed by atoms with Crippen LogP contribution in [-0.4, -0.2) is 17.6 Å². The number of hydrogen-bond donors (Lipinski definition) is 0. The number of pyridine rings is 1. The number of para-hydroxylation sites is 4. The van der Waals surface area contributed by atoms with Gasteiger partial charge in [-0.15, -0.1) is 4.94 Å². The van der Waals surface area contributed by atoms with E-state index in [1.807, 2.05) is 34.5 Å². The summed E-state index contributed by atoms with van der Waals surface area (Å²) in [5.74, 6) is 0.920. The van der Waals surface area contributed by atoms with E-state index in [1.165, 1.54) is 43.4 Å². The Hall–Kier alpha value is -5.95. The van der Waals surface area contributed by atoms with E-state index in [-0.39, 0.29) is 0 Å². The standard InChI is InChI=1S/C44H36N4OSi/c1-31-14-7-8-19-37(31)32-26-27-45-44(28-32)46-40-21-10-9-20-38(40)39-25-24-36(30-43(39)46)50(2,3)35-18-13-17-34(29-35)48-42-23-12-11-22-41(42)47(49-48)33-15-5-4-6-16-33/h4-30H,1-3H3. The van der Waals surface area contributed by atoms with Gasteiger partial charge in [0.2, 0.25) is 0 Å². The average molecular weight is 665 g/mol. The average Bonchev–Trinajstić information content (AvgIpc) is 3.72. The molecule has 0 radical (unpaired) electrons. The number of rotatable bonds is 6. The van der Waals surface area contributed by atoms with Gasteiger partial charge in [0.1, 0.15) is 13.9 Å². The number of fused-ring (bicyclic) bond motifs is 4. The molecule has 2 aromatic heterocycles. The second-order valence-corrected chi connectivity index (χ2v) is 17.9. The van der Waals surface area contributed by atoms with Crippen LogP contribution >= 0.6 is 0 Å². The molecule has 0 N–H and O–H groups in total. The lowest BCUT2D eigenvalue weighted by Gasteiger charge is -2.26. The van der Waals surface area contributed by atoms with Crippen LogP contribution in [0.25, 0.3) is 38.8 Å². The Morgan fingerprint density at radius 3 is 2.02 bits per heavy atom. The van der Waals surface area contributed by atoms with Crippen molar-refractivity contribution in [1.82, 2.24) is 9.55 Å². The first-order chi connectivity index (χ1) is 24.5. The summed E-state index contributed by atoms with van der Waals surface area (Å²) in [5.41, 5.74) is 9.98. The molecular formula is C44H36N4OSi. The molecule has 0 unspecified atom stereocenters. The zero-order valence-corrected chi connectivity index (χ0v) is 29.3. The predicted molar refractivity (Wildman–Crippen MR) is 210 cm³/mol. The summed E-state index contributed by atoms with van der Waals surface area (Å²) in [6, 6.07) is 56.0. The van der Waals surface area contributed by atoms with Crippen molar-refractivity contribution in [3.05, 3.63) is 169 Å². The Labute approximate surface area is 293 Å². The second-order valence-electron chi connectivity index (χ2n) is 13.5. The van der Waals surface area contributed by atoms with E-state index in [0.29, 0.717) is 0 Å². The van der Waals surface area contributed by atoms with E-state index in [2.05, 4.69) is 164 Å². The van der Waals surface area contributed by atoms with Gasteiger partial charge in [-0.3, -0.25) is 4.57 Å². The first-order valence-electron chi connectivity index (χ1n) is 17.1. The van der Waals surface area contributed by atoms with Crippen molar-refractivity contribution in [1.29, 1.82) is 0 Å². The maximum Gasteiger partial charge on any atom is 0.138 e. The van der Waals surface area contributed by atoms with Crippen LogP contribution in [0.4, 0.5) is 22.7 Å². The van der Waals surface area contributed by atoms with Crippen molar-refractivity contribution in [3.63, 3.8) is 0 Å². The molecule has 0 saturated heterocycles. The lowest BCUT2D eigenvalue weighted by Crippen LogP contribution is -2.52. The topological polar surface area (TPSA) is 33.5 Å². The molecule has 0 amide bonds. The summed E-state index contributed by atoms with van der Waals surface area (Å²) in [6.45, 7) is 7.04. The van der Waals surface area contributed by atoms with Gasteiger partial charge in [-0.25, -0.2) is 4.98 Å². The van der Waals surface area contributed by atoms with Crippen LogP contribution in [0.1, 0.15) is 5.56 Å². The quantitative estimate of drug-likeness (QED) is 0.166. The summed E-state index contributed by atoms with van der Waals surface area (Å²) < 4.78 is 2.34. The molecule has 242 valence electrons. The molecule has 0 aliphatic carbocycles. The van der Waals surface area contributed by atoms with E-state index in [0.717, 1.165) is 34.1 Å². The van der Waals surface area contributed by atoms with E-state index in [9.17, 15) is 0 Å². The lowest BCUT2D eigenvalue weighted by atomic mass is 10.0. The highest BCUT2D eigenvalue weighted by atomic mass is 28.3. The van der Waals surface area contributed by atoms with Crippen LogP contribution in [0.15, 0.2) is 164 Å². The second kappa shape index (κ2) is 11.9. The third-order valence-corrected chi connectivity index (χ3v) is 13.6. The highest BCUT2D eigenvalue weighted by Crippen LogP contribution is 2.44. The molecule has 0 fully saturated rings. The van der Waals surface area contributed by atoms with E-state index < -0.39 is 8.07 Å². The van der Waals surface area contributed by atoms with Crippen molar-refractivity contribution in [3.8, 4) is 16.9 Å². The van der Waals surface area contributed by atoms with Crippen molar-refractivity contribution < 1.29 is 4.94 Å².